The smallest absolute Gasteiger partial charge is 0.369 e. The normalized spacial score (nSPS) is 17.0. The summed E-state index contributed by atoms with van der Waals surface area (Å²) in [5, 5.41) is 13.7. The lowest BCUT2D eigenvalue weighted by Crippen LogP contribution is -2.29. The Morgan fingerprint density at radius 3 is 2.80 bits per heavy atom. The molecule has 35 heavy (non-hydrogen) atoms. The number of piperidine rings is 1. The van der Waals surface area contributed by atoms with Crippen LogP contribution in [0.25, 0.3) is 0 Å². The largest absolute Gasteiger partial charge is 0.421 e. The van der Waals surface area contributed by atoms with Gasteiger partial charge in [0.1, 0.15) is 11.4 Å². The Hall–Kier alpha value is -3.41. The minimum absolute atomic E-state index is 0.0464. The van der Waals surface area contributed by atoms with Crippen molar-refractivity contribution in [2.24, 2.45) is 0 Å². The molecule has 2 aliphatic rings. The highest BCUT2D eigenvalue weighted by Gasteiger charge is 2.35. The van der Waals surface area contributed by atoms with Crippen LogP contribution in [-0.4, -0.2) is 56.7 Å². The van der Waals surface area contributed by atoms with Crippen molar-refractivity contribution in [3.63, 3.8) is 0 Å². The number of aryl methyl sites for hydroxylation is 1. The Labute approximate surface area is 201 Å². The first-order valence-electron chi connectivity index (χ1n) is 11.7. The number of nitrogens with one attached hydrogen (secondary N) is 3. The number of amides is 1. The van der Waals surface area contributed by atoms with E-state index in [1.54, 1.807) is 29.3 Å². The first-order valence-corrected chi connectivity index (χ1v) is 11.7. The van der Waals surface area contributed by atoms with Crippen LogP contribution in [0.3, 0.4) is 0 Å². The zero-order valence-electron chi connectivity index (χ0n) is 19.5. The Morgan fingerprint density at radius 1 is 1.23 bits per heavy atom. The molecule has 2 aliphatic heterocycles. The summed E-state index contributed by atoms with van der Waals surface area (Å²) >= 11 is 0. The number of alkyl halides is 3. The first-order chi connectivity index (χ1) is 16.8. The second-order valence-electron chi connectivity index (χ2n) is 8.51. The van der Waals surface area contributed by atoms with E-state index in [0.29, 0.717) is 30.8 Å². The summed E-state index contributed by atoms with van der Waals surface area (Å²) in [6.45, 7) is 4.26. The lowest BCUT2D eigenvalue weighted by Gasteiger charge is -2.22. The average Bonchev–Trinajstić information content (AvgIpc) is 3.06. The molecule has 4 heterocycles. The molecular formula is C23H29F3N8O. The molecule has 0 aromatic carbocycles. The number of aromatic nitrogens is 4. The fraction of sp³-hybridized carbons (Fsp3) is 0.478. The molecule has 188 valence electrons. The van der Waals surface area contributed by atoms with Crippen LogP contribution in [0.4, 0.5) is 30.6 Å². The highest BCUT2D eigenvalue weighted by atomic mass is 19.4. The van der Waals surface area contributed by atoms with Crippen molar-refractivity contribution >= 4 is 23.4 Å². The number of anilines is 3. The van der Waals surface area contributed by atoms with Crippen molar-refractivity contribution in [2.45, 2.75) is 44.8 Å². The van der Waals surface area contributed by atoms with Gasteiger partial charge in [0.05, 0.1) is 17.4 Å². The molecule has 0 unspecified atom stereocenters. The topological polar surface area (TPSA) is 100 Å². The molecule has 2 aromatic heterocycles. The maximum Gasteiger partial charge on any atom is 0.421 e. The van der Waals surface area contributed by atoms with Gasteiger partial charge in [-0.2, -0.15) is 23.3 Å². The Kier molecular flexibility index (Phi) is 7.69. The van der Waals surface area contributed by atoms with Crippen LogP contribution in [0, 0.1) is 6.92 Å². The molecule has 2 aromatic rings. The molecule has 0 spiro atoms. The van der Waals surface area contributed by atoms with E-state index in [1.165, 1.54) is 0 Å². The summed E-state index contributed by atoms with van der Waals surface area (Å²) in [5.41, 5.74) is 0.417. The van der Waals surface area contributed by atoms with Crippen molar-refractivity contribution in [2.75, 3.05) is 36.8 Å². The van der Waals surface area contributed by atoms with Gasteiger partial charge in [0.25, 0.3) is 0 Å². The Balaban J connectivity index is 1.43. The van der Waals surface area contributed by atoms with Gasteiger partial charge in [0.2, 0.25) is 11.9 Å². The highest BCUT2D eigenvalue weighted by Crippen LogP contribution is 2.34. The van der Waals surface area contributed by atoms with E-state index in [0.717, 1.165) is 32.1 Å². The van der Waals surface area contributed by atoms with Crippen LogP contribution in [0.5, 0.6) is 0 Å². The number of hydrogen-bond donors (Lipinski definition) is 3. The van der Waals surface area contributed by atoms with Gasteiger partial charge in [-0.3, -0.25) is 9.48 Å². The first kappa shape index (κ1) is 24.7. The van der Waals surface area contributed by atoms with Gasteiger partial charge >= 0.3 is 6.18 Å². The number of allylic oxidation sites excluding steroid dienone is 2. The van der Waals surface area contributed by atoms with E-state index >= 15 is 0 Å². The van der Waals surface area contributed by atoms with Crippen molar-refractivity contribution in [3.05, 3.63) is 48.1 Å². The van der Waals surface area contributed by atoms with Crippen LogP contribution in [0.15, 0.2) is 36.8 Å². The van der Waals surface area contributed by atoms with Gasteiger partial charge in [-0.1, -0.05) is 12.2 Å². The minimum Gasteiger partial charge on any atom is -0.369 e. The van der Waals surface area contributed by atoms with Gasteiger partial charge in [-0.25, -0.2) is 4.98 Å². The van der Waals surface area contributed by atoms with Gasteiger partial charge in [-0.15, -0.1) is 0 Å². The van der Waals surface area contributed by atoms with E-state index in [9.17, 15) is 18.0 Å². The van der Waals surface area contributed by atoms with Crippen LogP contribution in [0.2, 0.25) is 0 Å². The van der Waals surface area contributed by atoms with Crippen molar-refractivity contribution in [1.82, 2.24) is 30.0 Å². The molecule has 9 nitrogen and oxygen atoms in total. The van der Waals surface area contributed by atoms with Crippen molar-refractivity contribution in [3.8, 4) is 0 Å². The predicted molar refractivity (Wildman–Crippen MR) is 126 cm³/mol. The molecule has 1 amide bonds. The summed E-state index contributed by atoms with van der Waals surface area (Å²) < 4.78 is 42.5. The molecule has 0 saturated carbocycles. The molecule has 1 fully saturated rings. The van der Waals surface area contributed by atoms with Gasteiger partial charge in [0.15, 0.2) is 0 Å². The van der Waals surface area contributed by atoms with E-state index in [1.807, 2.05) is 17.8 Å². The van der Waals surface area contributed by atoms with Crippen molar-refractivity contribution < 1.29 is 18.0 Å². The zero-order chi connectivity index (χ0) is 24.8. The predicted octanol–water partition coefficient (Wildman–Crippen LogP) is 3.77. The monoisotopic (exact) mass is 490 g/mol. The van der Waals surface area contributed by atoms with Gasteiger partial charge in [0, 0.05) is 38.1 Å². The van der Waals surface area contributed by atoms with Crippen LogP contribution in [-0.2, 0) is 11.0 Å². The summed E-state index contributed by atoms with van der Waals surface area (Å²) in [6.07, 6.45) is 7.67. The highest BCUT2D eigenvalue weighted by molar-refractivity contribution is 5.79. The average molecular weight is 491 g/mol. The fourth-order valence-electron chi connectivity index (χ4n) is 4.02. The molecule has 0 radical (unpaired) electrons. The number of carbonyl (C=O) groups is 1. The molecule has 0 atom stereocenters. The second kappa shape index (κ2) is 10.9. The second-order valence-corrected chi connectivity index (χ2v) is 8.51. The van der Waals surface area contributed by atoms with Crippen LogP contribution < -0.4 is 16.0 Å². The van der Waals surface area contributed by atoms with Crippen molar-refractivity contribution in [1.29, 1.82) is 0 Å². The van der Waals surface area contributed by atoms with E-state index in [-0.39, 0.29) is 30.3 Å². The number of nitrogens with zero attached hydrogens (tertiary/aromatic N) is 5. The molecule has 4 rings (SSSR count). The maximum atomic E-state index is 13.5. The summed E-state index contributed by atoms with van der Waals surface area (Å²) in [7, 11) is 0. The molecule has 0 bridgehead atoms. The minimum atomic E-state index is -4.61. The van der Waals surface area contributed by atoms with Crippen LogP contribution in [0.1, 0.15) is 43.0 Å². The Bertz CT molecular complexity index is 1090. The SMILES string of the molecule is Cc1nn(C2CCNCC2)cc1Nc1ncc(C(F)(F)F)c(NCCCN2C=CC=CCC2=O)n1. The molecule has 12 heteroatoms. The summed E-state index contributed by atoms with van der Waals surface area (Å²) in [5.74, 6) is -0.317. The Morgan fingerprint density at radius 2 is 2.03 bits per heavy atom. The number of hydrogen-bond acceptors (Lipinski definition) is 7. The van der Waals surface area contributed by atoms with E-state index in [2.05, 4.69) is 31.0 Å². The third-order valence-electron chi connectivity index (χ3n) is 5.93. The van der Waals surface area contributed by atoms with Gasteiger partial charge in [-0.05, 0) is 45.4 Å². The lowest BCUT2D eigenvalue weighted by atomic mass is 10.1. The van der Waals surface area contributed by atoms with E-state index < -0.39 is 11.7 Å². The van der Waals surface area contributed by atoms with Gasteiger partial charge < -0.3 is 20.9 Å². The van der Waals surface area contributed by atoms with Crippen LogP contribution >= 0.6 is 0 Å². The third-order valence-corrected chi connectivity index (χ3v) is 5.93. The lowest BCUT2D eigenvalue weighted by molar-refractivity contribution is -0.137. The number of rotatable bonds is 8. The number of halogens is 3. The molecular weight excluding hydrogens is 461 g/mol. The summed E-state index contributed by atoms with van der Waals surface area (Å²) in [4.78, 5) is 21.6. The zero-order valence-corrected chi connectivity index (χ0v) is 19.5. The quantitative estimate of drug-likeness (QED) is 0.485. The molecule has 1 saturated heterocycles. The van der Waals surface area contributed by atoms with E-state index in [4.69, 9.17) is 0 Å². The summed E-state index contributed by atoms with van der Waals surface area (Å²) in [6, 6.07) is 0.276. The molecule has 3 N–H and O–H groups in total. The number of carbonyl (C=O) groups excluding carboxylic acids is 1. The third kappa shape index (κ3) is 6.38. The fourth-order valence-corrected chi connectivity index (χ4v) is 4.02. The molecule has 0 aliphatic carbocycles. The maximum absolute atomic E-state index is 13.5. The standard InChI is InChI=1S/C23H29F3N8O/c1-16-19(15-34(32-16)17-7-10-27-11-8-17)30-22-29-14-18(23(24,25)26)21(31-22)28-9-5-13-33-12-4-2-3-6-20(33)35/h2-4,12,14-15,17,27H,5-11,13H2,1H3,(H2,28,29,30,31).